The first kappa shape index (κ1) is 19.1. The first-order valence-corrected chi connectivity index (χ1v) is 9.27. The number of anilines is 2. The molecule has 0 aromatic heterocycles. The summed E-state index contributed by atoms with van der Waals surface area (Å²) in [5, 5.41) is 11.2. The molecule has 3 rings (SSSR count). The number of hydrogen-bond donors (Lipinski definition) is 1. The van der Waals surface area contributed by atoms with Gasteiger partial charge in [-0.25, -0.2) is 0 Å². The Morgan fingerprint density at radius 3 is 1.56 bits per heavy atom. The fraction of sp³-hybridized carbons (Fsp3) is 0.217. The lowest BCUT2D eigenvalue weighted by Gasteiger charge is -2.22. The van der Waals surface area contributed by atoms with Crippen molar-refractivity contribution in [3.8, 4) is 5.75 Å². The van der Waals surface area contributed by atoms with Crippen molar-refractivity contribution in [3.05, 3.63) is 88.4 Å². The summed E-state index contributed by atoms with van der Waals surface area (Å²) in [7, 11) is 8.09. The van der Waals surface area contributed by atoms with Crippen LogP contribution in [0.1, 0.15) is 22.6 Å². The third kappa shape index (κ3) is 4.20. The van der Waals surface area contributed by atoms with Gasteiger partial charge in [-0.1, -0.05) is 35.9 Å². The van der Waals surface area contributed by atoms with Crippen molar-refractivity contribution in [3.63, 3.8) is 0 Å². The van der Waals surface area contributed by atoms with Crippen LogP contribution in [-0.4, -0.2) is 33.3 Å². The largest absolute Gasteiger partial charge is 0.508 e. The summed E-state index contributed by atoms with van der Waals surface area (Å²) in [6.45, 7) is 0. The number of phenols is 1. The predicted molar refractivity (Wildman–Crippen MR) is 116 cm³/mol. The lowest BCUT2D eigenvalue weighted by molar-refractivity contribution is 0.467. The highest BCUT2D eigenvalue weighted by atomic mass is 35.5. The molecular formula is C23H25ClN2O. The topological polar surface area (TPSA) is 26.7 Å². The van der Waals surface area contributed by atoms with Crippen molar-refractivity contribution in [2.45, 2.75) is 5.92 Å². The van der Waals surface area contributed by atoms with E-state index < -0.39 is 0 Å². The van der Waals surface area contributed by atoms with E-state index in [1.807, 2.05) is 34.3 Å². The molecule has 0 unspecified atom stereocenters. The molecule has 0 saturated heterocycles. The van der Waals surface area contributed by atoms with Gasteiger partial charge in [0.15, 0.2) is 0 Å². The van der Waals surface area contributed by atoms with E-state index in [0.717, 1.165) is 28.1 Å². The van der Waals surface area contributed by atoms with Crippen LogP contribution in [-0.2, 0) is 0 Å². The molecule has 0 spiro atoms. The number of phenolic OH excluding ortho intramolecular Hbond substituents is 1. The number of hydrogen-bond acceptors (Lipinski definition) is 3. The summed E-state index contributed by atoms with van der Waals surface area (Å²) < 4.78 is 0. The Hall–Kier alpha value is -2.65. The Bertz CT molecular complexity index is 851. The first-order valence-electron chi connectivity index (χ1n) is 8.90. The van der Waals surface area contributed by atoms with Crippen LogP contribution in [0.3, 0.4) is 0 Å². The van der Waals surface area contributed by atoms with Crippen LogP contribution in [0, 0.1) is 0 Å². The monoisotopic (exact) mass is 380 g/mol. The van der Waals surface area contributed by atoms with Gasteiger partial charge in [0.25, 0.3) is 0 Å². The standard InChI is InChI=1S/C23H25ClN2O/c1-25(2)19-10-5-16(6-11-19)23(21-15-18(24)9-14-22(21)27)17-7-12-20(13-8-17)26(3)4/h5-15,23,27H,1-4H3. The molecule has 0 radical (unpaired) electrons. The van der Waals surface area contributed by atoms with E-state index in [1.165, 1.54) is 0 Å². The Morgan fingerprint density at radius 1 is 0.704 bits per heavy atom. The number of nitrogens with zero attached hydrogens (tertiary/aromatic N) is 2. The van der Waals surface area contributed by atoms with E-state index >= 15 is 0 Å². The van der Waals surface area contributed by atoms with Crippen LogP contribution in [0.25, 0.3) is 0 Å². The van der Waals surface area contributed by atoms with Crippen molar-refractivity contribution in [1.82, 2.24) is 0 Å². The second kappa shape index (κ2) is 7.93. The molecule has 0 heterocycles. The van der Waals surface area contributed by atoms with E-state index in [9.17, 15) is 5.11 Å². The zero-order chi connectivity index (χ0) is 19.6. The van der Waals surface area contributed by atoms with Crippen LogP contribution >= 0.6 is 11.6 Å². The van der Waals surface area contributed by atoms with Crippen molar-refractivity contribution in [2.75, 3.05) is 38.0 Å². The van der Waals surface area contributed by atoms with E-state index in [4.69, 9.17) is 11.6 Å². The highest BCUT2D eigenvalue weighted by Crippen LogP contribution is 2.39. The average molecular weight is 381 g/mol. The molecule has 4 heteroatoms. The minimum atomic E-state index is -0.101. The maximum atomic E-state index is 10.5. The van der Waals surface area contributed by atoms with Gasteiger partial charge in [0.05, 0.1) is 0 Å². The normalized spacial score (nSPS) is 10.9. The molecule has 0 atom stereocenters. The van der Waals surface area contributed by atoms with Crippen molar-refractivity contribution in [2.24, 2.45) is 0 Å². The SMILES string of the molecule is CN(C)c1ccc(C(c2ccc(N(C)C)cc2)c2cc(Cl)ccc2O)cc1. The molecule has 3 aromatic rings. The smallest absolute Gasteiger partial charge is 0.119 e. The minimum Gasteiger partial charge on any atom is -0.508 e. The summed E-state index contributed by atoms with van der Waals surface area (Å²) in [4.78, 5) is 4.14. The van der Waals surface area contributed by atoms with Gasteiger partial charge in [-0.15, -0.1) is 0 Å². The van der Waals surface area contributed by atoms with Gasteiger partial charge in [-0.2, -0.15) is 0 Å². The summed E-state index contributed by atoms with van der Waals surface area (Å²) >= 11 is 6.24. The van der Waals surface area contributed by atoms with Gasteiger partial charge in [0.2, 0.25) is 0 Å². The highest BCUT2D eigenvalue weighted by Gasteiger charge is 2.21. The van der Waals surface area contributed by atoms with Gasteiger partial charge in [0, 0.05) is 56.1 Å². The molecule has 0 saturated carbocycles. The maximum Gasteiger partial charge on any atom is 0.119 e. The molecule has 140 valence electrons. The molecule has 0 aliphatic heterocycles. The molecular weight excluding hydrogens is 356 g/mol. The molecule has 0 bridgehead atoms. The van der Waals surface area contributed by atoms with Crippen molar-refractivity contribution in [1.29, 1.82) is 0 Å². The molecule has 0 aliphatic carbocycles. The molecule has 3 aromatic carbocycles. The van der Waals surface area contributed by atoms with E-state index in [0.29, 0.717) is 5.02 Å². The Morgan fingerprint density at radius 2 is 1.15 bits per heavy atom. The molecule has 0 fully saturated rings. The van der Waals surface area contributed by atoms with Gasteiger partial charge in [-0.3, -0.25) is 0 Å². The summed E-state index contributed by atoms with van der Waals surface area (Å²) in [6.07, 6.45) is 0. The van der Waals surface area contributed by atoms with Crippen LogP contribution in [0.5, 0.6) is 5.75 Å². The molecule has 1 N–H and O–H groups in total. The van der Waals surface area contributed by atoms with Crippen LogP contribution in [0.15, 0.2) is 66.7 Å². The Balaban J connectivity index is 2.12. The third-order valence-corrected chi connectivity index (χ3v) is 5.02. The fourth-order valence-electron chi connectivity index (χ4n) is 3.24. The van der Waals surface area contributed by atoms with Crippen molar-refractivity contribution < 1.29 is 5.11 Å². The maximum absolute atomic E-state index is 10.5. The second-order valence-corrected chi connectivity index (χ2v) is 7.54. The third-order valence-electron chi connectivity index (χ3n) is 4.79. The Kier molecular flexibility index (Phi) is 5.62. The zero-order valence-corrected chi connectivity index (χ0v) is 16.9. The quantitative estimate of drug-likeness (QED) is 0.604. The summed E-state index contributed by atoms with van der Waals surface area (Å²) in [5.41, 5.74) is 5.29. The second-order valence-electron chi connectivity index (χ2n) is 7.11. The number of aromatic hydroxyl groups is 1. The van der Waals surface area contributed by atoms with Gasteiger partial charge in [-0.05, 0) is 53.6 Å². The minimum absolute atomic E-state index is 0.101. The predicted octanol–water partition coefficient (Wildman–Crippen LogP) is 5.36. The first-order chi connectivity index (χ1) is 12.9. The number of rotatable bonds is 5. The molecule has 27 heavy (non-hydrogen) atoms. The zero-order valence-electron chi connectivity index (χ0n) is 16.1. The van der Waals surface area contributed by atoms with Crippen LogP contribution < -0.4 is 9.80 Å². The molecule has 3 nitrogen and oxygen atoms in total. The highest BCUT2D eigenvalue weighted by molar-refractivity contribution is 6.30. The molecule has 0 aliphatic rings. The summed E-state index contributed by atoms with van der Waals surface area (Å²) in [6, 6.07) is 22.0. The summed E-state index contributed by atoms with van der Waals surface area (Å²) in [5.74, 6) is 0.147. The van der Waals surface area contributed by atoms with E-state index in [-0.39, 0.29) is 11.7 Å². The lowest BCUT2D eigenvalue weighted by atomic mass is 9.84. The molecule has 0 amide bonds. The van der Waals surface area contributed by atoms with E-state index in [2.05, 4.69) is 58.3 Å². The van der Waals surface area contributed by atoms with Gasteiger partial charge in [0.1, 0.15) is 5.75 Å². The lowest BCUT2D eigenvalue weighted by Crippen LogP contribution is -2.10. The average Bonchev–Trinajstić information content (AvgIpc) is 2.65. The number of benzene rings is 3. The van der Waals surface area contributed by atoms with Gasteiger partial charge < -0.3 is 14.9 Å². The van der Waals surface area contributed by atoms with E-state index in [1.54, 1.807) is 12.1 Å². The van der Waals surface area contributed by atoms with Crippen molar-refractivity contribution >= 4 is 23.0 Å². The van der Waals surface area contributed by atoms with Crippen LogP contribution in [0.2, 0.25) is 5.02 Å². The van der Waals surface area contributed by atoms with Gasteiger partial charge >= 0.3 is 0 Å². The van der Waals surface area contributed by atoms with Crippen LogP contribution in [0.4, 0.5) is 11.4 Å². The Labute approximate surface area is 166 Å². The number of halogens is 1. The fourth-order valence-corrected chi connectivity index (χ4v) is 3.42.